The fraction of sp³-hybridized carbons (Fsp3) is 0.636. The Morgan fingerprint density at radius 3 is 3.00 bits per heavy atom. The summed E-state index contributed by atoms with van der Waals surface area (Å²) in [6.07, 6.45) is 2.61. The number of ether oxygens (including phenoxy) is 1. The largest absolute Gasteiger partial charge is 0.461 e. The number of nitrogens with one attached hydrogen (secondary N) is 1. The third-order valence-electron chi connectivity index (χ3n) is 2.04. The monoisotopic (exact) mass is 257 g/mol. The third kappa shape index (κ3) is 5.23. The maximum atomic E-state index is 11.4. The Morgan fingerprint density at radius 2 is 2.35 bits per heavy atom. The standard InChI is InChI=1S/C11H19N3O2S/c1-4-16-10(15)9-8-12-11(13-9)17-7-5-6-14(2)3/h8H,4-7H2,1-3H3,(H,12,13). The Kier molecular flexibility index (Phi) is 6.07. The van der Waals surface area contributed by atoms with Gasteiger partial charge in [-0.3, -0.25) is 0 Å². The van der Waals surface area contributed by atoms with E-state index in [2.05, 4.69) is 29.0 Å². The number of hydrogen-bond acceptors (Lipinski definition) is 5. The van der Waals surface area contributed by atoms with Crippen molar-refractivity contribution in [1.82, 2.24) is 14.9 Å². The predicted molar refractivity (Wildman–Crippen MR) is 68.4 cm³/mol. The molecule has 1 aromatic heterocycles. The number of carbonyl (C=O) groups is 1. The number of esters is 1. The van der Waals surface area contributed by atoms with E-state index >= 15 is 0 Å². The first kappa shape index (κ1) is 14.1. The van der Waals surface area contributed by atoms with Crippen LogP contribution in [0.2, 0.25) is 0 Å². The number of aromatic amines is 1. The summed E-state index contributed by atoms with van der Waals surface area (Å²) in [6, 6.07) is 0. The van der Waals surface area contributed by atoms with Gasteiger partial charge in [0.15, 0.2) is 5.16 Å². The number of rotatable bonds is 7. The first-order valence-corrected chi connectivity index (χ1v) is 6.61. The van der Waals surface area contributed by atoms with Crippen LogP contribution in [0.1, 0.15) is 23.8 Å². The molecule has 1 heterocycles. The first-order chi connectivity index (χ1) is 8.13. The lowest BCUT2D eigenvalue weighted by Crippen LogP contribution is -2.13. The number of thioether (sulfide) groups is 1. The van der Waals surface area contributed by atoms with Crippen LogP contribution < -0.4 is 0 Å². The van der Waals surface area contributed by atoms with Crippen molar-refractivity contribution in [3.63, 3.8) is 0 Å². The summed E-state index contributed by atoms with van der Waals surface area (Å²) < 4.78 is 4.87. The number of imidazole rings is 1. The second-order valence-electron chi connectivity index (χ2n) is 3.83. The number of hydrogen-bond donors (Lipinski definition) is 1. The van der Waals surface area contributed by atoms with Crippen molar-refractivity contribution in [2.45, 2.75) is 18.5 Å². The van der Waals surface area contributed by atoms with Gasteiger partial charge in [0, 0.05) is 5.75 Å². The molecule has 0 aliphatic heterocycles. The highest BCUT2D eigenvalue weighted by Crippen LogP contribution is 2.15. The molecule has 0 unspecified atom stereocenters. The Balaban J connectivity index is 2.33. The molecular weight excluding hydrogens is 238 g/mol. The molecule has 17 heavy (non-hydrogen) atoms. The van der Waals surface area contributed by atoms with Gasteiger partial charge in [-0.25, -0.2) is 9.78 Å². The van der Waals surface area contributed by atoms with Gasteiger partial charge in [0.2, 0.25) is 0 Å². The van der Waals surface area contributed by atoms with Crippen molar-refractivity contribution in [1.29, 1.82) is 0 Å². The molecule has 0 saturated carbocycles. The molecule has 1 aromatic rings. The molecule has 0 atom stereocenters. The van der Waals surface area contributed by atoms with Crippen molar-refractivity contribution in [2.75, 3.05) is 33.0 Å². The fourth-order valence-electron chi connectivity index (χ4n) is 1.24. The molecule has 0 aromatic carbocycles. The van der Waals surface area contributed by atoms with Gasteiger partial charge in [0.1, 0.15) is 5.69 Å². The van der Waals surface area contributed by atoms with E-state index < -0.39 is 0 Å². The van der Waals surface area contributed by atoms with Crippen molar-refractivity contribution in [3.8, 4) is 0 Å². The van der Waals surface area contributed by atoms with Crippen molar-refractivity contribution in [2.24, 2.45) is 0 Å². The van der Waals surface area contributed by atoms with Crippen LogP contribution >= 0.6 is 11.8 Å². The SMILES string of the molecule is CCOC(=O)c1cnc(SCCCN(C)C)[nH]1. The van der Waals surface area contributed by atoms with Gasteiger partial charge in [0.25, 0.3) is 0 Å². The molecule has 96 valence electrons. The highest BCUT2D eigenvalue weighted by molar-refractivity contribution is 7.99. The van der Waals surface area contributed by atoms with Crippen LogP contribution in [-0.4, -0.2) is 53.8 Å². The van der Waals surface area contributed by atoms with Gasteiger partial charge in [-0.2, -0.15) is 0 Å². The van der Waals surface area contributed by atoms with Crippen LogP contribution in [0.15, 0.2) is 11.4 Å². The van der Waals surface area contributed by atoms with Gasteiger partial charge in [-0.05, 0) is 34.0 Å². The first-order valence-electron chi connectivity index (χ1n) is 5.63. The Hall–Kier alpha value is -1.01. The minimum atomic E-state index is -0.347. The van der Waals surface area contributed by atoms with E-state index in [4.69, 9.17) is 4.74 Å². The van der Waals surface area contributed by atoms with Crippen LogP contribution in [0.5, 0.6) is 0 Å². The minimum Gasteiger partial charge on any atom is -0.461 e. The summed E-state index contributed by atoms with van der Waals surface area (Å²) in [5, 5.41) is 0.770. The summed E-state index contributed by atoms with van der Waals surface area (Å²) in [4.78, 5) is 20.6. The lowest BCUT2D eigenvalue weighted by molar-refractivity contribution is 0.0519. The van der Waals surface area contributed by atoms with E-state index in [9.17, 15) is 4.79 Å². The summed E-state index contributed by atoms with van der Waals surface area (Å²) in [7, 11) is 4.10. The van der Waals surface area contributed by atoms with Gasteiger partial charge in [0.05, 0.1) is 12.8 Å². The lowest BCUT2D eigenvalue weighted by atomic mass is 10.5. The van der Waals surface area contributed by atoms with Gasteiger partial charge in [-0.1, -0.05) is 11.8 Å². The van der Waals surface area contributed by atoms with Crippen LogP contribution in [0.25, 0.3) is 0 Å². The molecule has 0 spiro atoms. The average molecular weight is 257 g/mol. The molecule has 0 amide bonds. The summed E-state index contributed by atoms with van der Waals surface area (Å²) in [6.45, 7) is 3.22. The van der Waals surface area contributed by atoms with Crippen LogP contribution in [0.3, 0.4) is 0 Å². The van der Waals surface area contributed by atoms with Gasteiger partial charge in [-0.15, -0.1) is 0 Å². The zero-order chi connectivity index (χ0) is 12.7. The zero-order valence-corrected chi connectivity index (χ0v) is 11.3. The number of carbonyl (C=O) groups excluding carboxylic acids is 1. The summed E-state index contributed by atoms with van der Waals surface area (Å²) >= 11 is 1.62. The van der Waals surface area contributed by atoms with Crippen LogP contribution in [0.4, 0.5) is 0 Å². The van der Waals surface area contributed by atoms with E-state index in [0.29, 0.717) is 12.3 Å². The van der Waals surface area contributed by atoms with E-state index in [1.165, 1.54) is 6.20 Å². The number of aromatic nitrogens is 2. The number of H-pyrrole nitrogens is 1. The number of nitrogens with zero attached hydrogens (tertiary/aromatic N) is 2. The predicted octanol–water partition coefficient (Wildman–Crippen LogP) is 1.63. The van der Waals surface area contributed by atoms with Crippen molar-refractivity contribution < 1.29 is 9.53 Å². The maximum Gasteiger partial charge on any atom is 0.356 e. The zero-order valence-electron chi connectivity index (χ0n) is 10.5. The van der Waals surface area contributed by atoms with E-state index in [1.807, 2.05) is 0 Å². The maximum absolute atomic E-state index is 11.4. The topological polar surface area (TPSA) is 58.2 Å². The quantitative estimate of drug-likeness (QED) is 0.457. The lowest BCUT2D eigenvalue weighted by Gasteiger charge is -2.07. The normalized spacial score (nSPS) is 10.8. The summed E-state index contributed by atoms with van der Waals surface area (Å²) in [5.41, 5.74) is 0.418. The van der Waals surface area contributed by atoms with Crippen LogP contribution in [0, 0.1) is 0 Å². The second-order valence-corrected chi connectivity index (χ2v) is 4.91. The fourth-order valence-corrected chi connectivity index (χ4v) is 2.01. The van der Waals surface area contributed by atoms with Crippen molar-refractivity contribution >= 4 is 17.7 Å². The Bertz CT molecular complexity index is 352. The molecule has 0 aliphatic rings. The molecule has 5 nitrogen and oxygen atoms in total. The smallest absolute Gasteiger partial charge is 0.356 e. The van der Waals surface area contributed by atoms with Gasteiger partial charge < -0.3 is 14.6 Å². The van der Waals surface area contributed by atoms with Crippen LogP contribution in [-0.2, 0) is 4.74 Å². The third-order valence-corrected chi connectivity index (χ3v) is 3.01. The highest BCUT2D eigenvalue weighted by Gasteiger charge is 2.10. The molecule has 0 bridgehead atoms. The molecule has 0 fully saturated rings. The molecular formula is C11H19N3O2S. The Labute approximate surface area is 106 Å². The molecule has 0 saturated heterocycles. The van der Waals surface area contributed by atoms with E-state index in [-0.39, 0.29) is 5.97 Å². The van der Waals surface area contributed by atoms with E-state index in [1.54, 1.807) is 18.7 Å². The minimum absolute atomic E-state index is 0.347. The highest BCUT2D eigenvalue weighted by atomic mass is 32.2. The molecule has 0 radical (unpaired) electrons. The molecule has 0 aliphatic carbocycles. The van der Waals surface area contributed by atoms with Gasteiger partial charge >= 0.3 is 5.97 Å². The average Bonchev–Trinajstić information content (AvgIpc) is 2.73. The second kappa shape index (κ2) is 7.34. The Morgan fingerprint density at radius 1 is 1.59 bits per heavy atom. The molecule has 6 heteroatoms. The van der Waals surface area contributed by atoms with E-state index in [0.717, 1.165) is 23.9 Å². The van der Waals surface area contributed by atoms with Crippen molar-refractivity contribution in [3.05, 3.63) is 11.9 Å². The summed E-state index contributed by atoms with van der Waals surface area (Å²) in [5.74, 6) is 0.633. The molecule has 1 rings (SSSR count). The molecule has 1 N–H and O–H groups in total.